The molecule has 0 aromatic heterocycles. The zero-order valence-electron chi connectivity index (χ0n) is 9.60. The minimum atomic E-state index is -3.22. The number of hydrogen-bond acceptors (Lipinski definition) is 4. The van der Waals surface area contributed by atoms with Gasteiger partial charge >= 0.3 is 0 Å². The Morgan fingerprint density at radius 3 is 2.47 bits per heavy atom. The molecule has 0 heterocycles. The molecule has 96 valence electrons. The van der Waals surface area contributed by atoms with Gasteiger partial charge in [0.05, 0.1) is 18.1 Å². The Balaban J connectivity index is 2.63. The molecule has 1 aromatic rings. The molecular weight excluding hydrogens is 262 g/mol. The Labute approximate surface area is 107 Å². The van der Waals surface area contributed by atoms with Crippen LogP contribution in [0.2, 0.25) is 5.02 Å². The average molecular weight is 278 g/mol. The summed E-state index contributed by atoms with van der Waals surface area (Å²) < 4.78 is 28.4. The van der Waals surface area contributed by atoms with Crippen molar-refractivity contribution >= 4 is 21.4 Å². The Kier molecular flexibility index (Phi) is 5.39. The van der Waals surface area contributed by atoms with E-state index in [-0.39, 0.29) is 18.1 Å². The first kappa shape index (κ1) is 14.4. The van der Waals surface area contributed by atoms with Gasteiger partial charge in [0.1, 0.15) is 0 Å². The van der Waals surface area contributed by atoms with E-state index in [9.17, 15) is 8.42 Å². The fraction of sp³-hybridized carbons (Fsp3) is 0.455. The average Bonchev–Trinajstić information content (AvgIpc) is 2.20. The molecule has 17 heavy (non-hydrogen) atoms. The smallest absolute Gasteiger partial charge is 0.156 e. The van der Waals surface area contributed by atoms with Crippen molar-refractivity contribution in [3.05, 3.63) is 34.9 Å². The van der Waals surface area contributed by atoms with Gasteiger partial charge < -0.3 is 10.5 Å². The van der Waals surface area contributed by atoms with Crippen LogP contribution in [0.1, 0.15) is 5.56 Å². The number of sulfone groups is 1. The maximum absolute atomic E-state index is 11.8. The minimum Gasteiger partial charge on any atom is -0.383 e. The zero-order chi connectivity index (χ0) is 12.9. The molecule has 1 aromatic carbocycles. The SMILES string of the molecule is COCC(N)CS(=O)(=O)Cc1ccc(Cl)cc1. The van der Waals surface area contributed by atoms with E-state index >= 15 is 0 Å². The van der Waals surface area contributed by atoms with E-state index in [0.29, 0.717) is 10.6 Å². The van der Waals surface area contributed by atoms with Gasteiger partial charge in [0.2, 0.25) is 0 Å². The van der Waals surface area contributed by atoms with Gasteiger partial charge in [0, 0.05) is 18.2 Å². The van der Waals surface area contributed by atoms with E-state index in [1.54, 1.807) is 24.3 Å². The lowest BCUT2D eigenvalue weighted by Crippen LogP contribution is -2.34. The fourth-order valence-corrected chi connectivity index (χ4v) is 3.17. The zero-order valence-corrected chi connectivity index (χ0v) is 11.2. The van der Waals surface area contributed by atoms with Crippen molar-refractivity contribution in [2.45, 2.75) is 11.8 Å². The van der Waals surface area contributed by atoms with Crippen molar-refractivity contribution in [1.82, 2.24) is 0 Å². The predicted octanol–water partition coefficient (Wildman–Crippen LogP) is 1.23. The summed E-state index contributed by atoms with van der Waals surface area (Å²) in [6, 6.07) is 6.24. The standard InChI is InChI=1S/C11H16ClNO3S/c1-16-6-11(13)8-17(14,15)7-9-2-4-10(12)5-3-9/h2-5,11H,6-8,13H2,1H3. The van der Waals surface area contributed by atoms with E-state index in [1.807, 2.05) is 0 Å². The van der Waals surface area contributed by atoms with Crippen LogP contribution >= 0.6 is 11.6 Å². The van der Waals surface area contributed by atoms with Crippen molar-refractivity contribution in [2.24, 2.45) is 5.73 Å². The molecule has 4 nitrogen and oxygen atoms in total. The summed E-state index contributed by atoms with van der Waals surface area (Å²) in [6.07, 6.45) is 0. The first-order valence-corrected chi connectivity index (χ1v) is 7.32. The second-order valence-corrected chi connectivity index (χ2v) is 6.44. The molecule has 0 saturated carbocycles. The summed E-state index contributed by atoms with van der Waals surface area (Å²) in [6.45, 7) is 0.236. The van der Waals surface area contributed by atoms with E-state index in [2.05, 4.69) is 0 Å². The van der Waals surface area contributed by atoms with E-state index in [1.165, 1.54) is 7.11 Å². The molecule has 0 aliphatic heterocycles. The molecule has 0 radical (unpaired) electrons. The Bertz CT molecular complexity index is 444. The molecule has 6 heteroatoms. The predicted molar refractivity (Wildman–Crippen MR) is 68.8 cm³/mol. The topological polar surface area (TPSA) is 69.4 Å². The van der Waals surface area contributed by atoms with Crippen molar-refractivity contribution in [3.8, 4) is 0 Å². The Morgan fingerprint density at radius 2 is 1.94 bits per heavy atom. The van der Waals surface area contributed by atoms with E-state index in [4.69, 9.17) is 22.1 Å². The molecule has 0 amide bonds. The fourth-order valence-electron chi connectivity index (χ4n) is 1.48. The number of hydrogen-bond donors (Lipinski definition) is 1. The van der Waals surface area contributed by atoms with Crippen molar-refractivity contribution in [1.29, 1.82) is 0 Å². The van der Waals surface area contributed by atoms with Gasteiger partial charge in [0.25, 0.3) is 0 Å². The number of rotatable bonds is 6. The van der Waals surface area contributed by atoms with Crippen LogP contribution in [0.4, 0.5) is 0 Å². The highest BCUT2D eigenvalue weighted by molar-refractivity contribution is 7.90. The first-order chi connectivity index (χ1) is 7.93. The quantitative estimate of drug-likeness (QED) is 0.849. The van der Waals surface area contributed by atoms with Gasteiger partial charge in [-0.3, -0.25) is 0 Å². The van der Waals surface area contributed by atoms with Crippen LogP contribution in [-0.2, 0) is 20.3 Å². The van der Waals surface area contributed by atoms with Crippen molar-refractivity contribution in [3.63, 3.8) is 0 Å². The maximum Gasteiger partial charge on any atom is 0.156 e. The van der Waals surface area contributed by atoms with Crippen LogP contribution in [0.3, 0.4) is 0 Å². The third-order valence-corrected chi connectivity index (χ3v) is 4.11. The van der Waals surface area contributed by atoms with Gasteiger partial charge in [-0.05, 0) is 17.7 Å². The second-order valence-electron chi connectivity index (χ2n) is 3.90. The number of nitrogens with two attached hydrogens (primary N) is 1. The largest absolute Gasteiger partial charge is 0.383 e. The monoisotopic (exact) mass is 277 g/mol. The molecule has 0 fully saturated rings. The summed E-state index contributed by atoms with van der Waals surface area (Å²) in [5, 5.41) is 0.585. The highest BCUT2D eigenvalue weighted by Gasteiger charge is 2.16. The third kappa shape index (κ3) is 5.50. The molecule has 0 aliphatic rings. The first-order valence-electron chi connectivity index (χ1n) is 5.12. The van der Waals surface area contributed by atoms with Crippen LogP contribution in [0.5, 0.6) is 0 Å². The third-order valence-electron chi connectivity index (χ3n) is 2.15. The van der Waals surface area contributed by atoms with Crippen molar-refractivity contribution in [2.75, 3.05) is 19.5 Å². The summed E-state index contributed by atoms with van der Waals surface area (Å²) in [5.74, 6) is -0.106. The summed E-state index contributed by atoms with van der Waals surface area (Å²) in [7, 11) is -1.73. The molecule has 1 unspecified atom stereocenters. The van der Waals surface area contributed by atoms with Gasteiger partial charge in [-0.2, -0.15) is 0 Å². The molecule has 0 bridgehead atoms. The number of methoxy groups -OCH3 is 1. The summed E-state index contributed by atoms with van der Waals surface area (Å²) in [5.41, 5.74) is 6.33. The Morgan fingerprint density at radius 1 is 1.35 bits per heavy atom. The van der Waals surface area contributed by atoms with Crippen LogP contribution in [0.15, 0.2) is 24.3 Å². The minimum absolute atomic E-state index is 0.0262. The van der Waals surface area contributed by atoms with Gasteiger partial charge in [-0.25, -0.2) is 8.42 Å². The normalized spacial score (nSPS) is 13.6. The van der Waals surface area contributed by atoms with Gasteiger partial charge in [0.15, 0.2) is 9.84 Å². The van der Waals surface area contributed by atoms with Gasteiger partial charge in [-0.1, -0.05) is 23.7 Å². The molecular formula is C11H16ClNO3S. The van der Waals surface area contributed by atoms with Crippen LogP contribution in [-0.4, -0.2) is 33.9 Å². The summed E-state index contributed by atoms with van der Waals surface area (Å²) in [4.78, 5) is 0. The molecule has 0 aliphatic carbocycles. The molecule has 0 saturated heterocycles. The lowest BCUT2D eigenvalue weighted by Gasteiger charge is -2.11. The van der Waals surface area contributed by atoms with Crippen molar-refractivity contribution < 1.29 is 13.2 Å². The van der Waals surface area contributed by atoms with Crippen LogP contribution < -0.4 is 5.73 Å². The lowest BCUT2D eigenvalue weighted by molar-refractivity contribution is 0.186. The molecule has 1 atom stereocenters. The number of halogens is 1. The molecule has 1 rings (SSSR count). The van der Waals surface area contributed by atoms with Crippen LogP contribution in [0.25, 0.3) is 0 Å². The lowest BCUT2D eigenvalue weighted by atomic mass is 10.2. The highest BCUT2D eigenvalue weighted by Crippen LogP contribution is 2.12. The molecule has 2 N–H and O–H groups in total. The summed E-state index contributed by atoms with van der Waals surface area (Å²) >= 11 is 5.72. The van der Waals surface area contributed by atoms with E-state index in [0.717, 1.165) is 0 Å². The number of benzene rings is 1. The second kappa shape index (κ2) is 6.35. The van der Waals surface area contributed by atoms with Gasteiger partial charge in [-0.15, -0.1) is 0 Å². The van der Waals surface area contributed by atoms with E-state index < -0.39 is 15.9 Å². The molecule has 0 spiro atoms. The number of ether oxygens (including phenoxy) is 1. The Hall–Kier alpha value is -0.620. The van der Waals surface area contributed by atoms with Crippen LogP contribution in [0, 0.1) is 0 Å². The highest BCUT2D eigenvalue weighted by atomic mass is 35.5. The maximum atomic E-state index is 11.8.